The van der Waals surface area contributed by atoms with E-state index >= 15 is 0 Å². The standard InChI is InChI=1S/C10H16N2O/c1-3-10(9(2)13)5-8-12-7-4-6-11-12/h4,6-7,10H,3,5,8H2,1-2H3. The van der Waals surface area contributed by atoms with Crippen molar-refractivity contribution in [2.24, 2.45) is 5.92 Å². The number of carbonyl (C=O) groups is 1. The second kappa shape index (κ2) is 4.80. The topological polar surface area (TPSA) is 34.9 Å². The molecule has 0 saturated heterocycles. The lowest BCUT2D eigenvalue weighted by molar-refractivity contribution is -0.121. The number of ketones is 1. The molecule has 0 fully saturated rings. The van der Waals surface area contributed by atoms with Crippen LogP contribution in [0.1, 0.15) is 26.7 Å². The zero-order valence-electron chi connectivity index (χ0n) is 8.23. The maximum absolute atomic E-state index is 11.1. The first-order chi connectivity index (χ1) is 6.24. The van der Waals surface area contributed by atoms with Gasteiger partial charge in [0.25, 0.3) is 0 Å². The number of aryl methyl sites for hydroxylation is 1. The average molecular weight is 180 g/mol. The summed E-state index contributed by atoms with van der Waals surface area (Å²) in [5, 5.41) is 4.09. The number of rotatable bonds is 5. The molecule has 1 atom stereocenters. The maximum Gasteiger partial charge on any atom is 0.132 e. The summed E-state index contributed by atoms with van der Waals surface area (Å²) in [6.07, 6.45) is 5.51. The summed E-state index contributed by atoms with van der Waals surface area (Å²) in [5.74, 6) is 0.485. The molecule has 3 nitrogen and oxygen atoms in total. The quantitative estimate of drug-likeness (QED) is 0.693. The van der Waals surface area contributed by atoms with Gasteiger partial charge in [-0.25, -0.2) is 0 Å². The predicted octanol–water partition coefficient (Wildman–Crippen LogP) is 1.89. The van der Waals surface area contributed by atoms with E-state index in [1.807, 2.05) is 16.9 Å². The van der Waals surface area contributed by atoms with Crippen LogP contribution in [-0.2, 0) is 11.3 Å². The fourth-order valence-corrected chi connectivity index (χ4v) is 1.42. The van der Waals surface area contributed by atoms with Crippen molar-refractivity contribution in [3.63, 3.8) is 0 Å². The lowest BCUT2D eigenvalue weighted by Gasteiger charge is -2.10. The molecule has 0 bridgehead atoms. The molecule has 0 saturated carbocycles. The zero-order valence-corrected chi connectivity index (χ0v) is 8.23. The first kappa shape index (κ1) is 9.96. The summed E-state index contributed by atoms with van der Waals surface area (Å²) in [7, 11) is 0. The Morgan fingerprint density at radius 2 is 2.38 bits per heavy atom. The van der Waals surface area contributed by atoms with Gasteiger partial charge >= 0.3 is 0 Å². The van der Waals surface area contributed by atoms with Crippen LogP contribution in [0.15, 0.2) is 18.5 Å². The first-order valence-electron chi connectivity index (χ1n) is 4.72. The van der Waals surface area contributed by atoms with Gasteiger partial charge in [-0.1, -0.05) is 6.92 Å². The second-order valence-corrected chi connectivity index (χ2v) is 3.27. The van der Waals surface area contributed by atoms with E-state index in [0.717, 1.165) is 19.4 Å². The van der Waals surface area contributed by atoms with E-state index in [-0.39, 0.29) is 11.7 Å². The number of Topliss-reactive ketones (excluding diaryl/α,β-unsaturated/α-hetero) is 1. The van der Waals surface area contributed by atoms with Crippen LogP contribution in [0.5, 0.6) is 0 Å². The van der Waals surface area contributed by atoms with Gasteiger partial charge in [-0.15, -0.1) is 0 Å². The Labute approximate surface area is 78.8 Å². The zero-order chi connectivity index (χ0) is 9.68. The third-order valence-electron chi connectivity index (χ3n) is 2.33. The fourth-order valence-electron chi connectivity index (χ4n) is 1.42. The van der Waals surface area contributed by atoms with Crippen molar-refractivity contribution in [3.05, 3.63) is 18.5 Å². The molecule has 1 rings (SSSR count). The molecule has 72 valence electrons. The van der Waals surface area contributed by atoms with E-state index in [1.54, 1.807) is 13.1 Å². The van der Waals surface area contributed by atoms with Gasteiger partial charge in [0.05, 0.1) is 0 Å². The largest absolute Gasteiger partial charge is 0.300 e. The van der Waals surface area contributed by atoms with Crippen LogP contribution < -0.4 is 0 Å². The average Bonchev–Trinajstić information content (AvgIpc) is 2.57. The molecule has 0 aromatic carbocycles. The molecular weight excluding hydrogens is 164 g/mol. The Kier molecular flexibility index (Phi) is 3.68. The molecule has 0 radical (unpaired) electrons. The highest BCUT2D eigenvalue weighted by molar-refractivity contribution is 5.78. The van der Waals surface area contributed by atoms with Crippen LogP contribution in [0.3, 0.4) is 0 Å². The molecule has 0 spiro atoms. The van der Waals surface area contributed by atoms with Crippen molar-refractivity contribution >= 4 is 5.78 Å². The minimum absolute atomic E-state index is 0.198. The Hall–Kier alpha value is -1.12. The molecule has 1 unspecified atom stereocenters. The van der Waals surface area contributed by atoms with E-state index < -0.39 is 0 Å². The summed E-state index contributed by atoms with van der Waals surface area (Å²) in [6.45, 7) is 4.55. The van der Waals surface area contributed by atoms with Crippen molar-refractivity contribution in [1.82, 2.24) is 9.78 Å². The van der Waals surface area contributed by atoms with Gasteiger partial charge in [-0.2, -0.15) is 5.10 Å². The van der Waals surface area contributed by atoms with Gasteiger partial charge in [-0.3, -0.25) is 9.48 Å². The Balaban J connectivity index is 2.36. The van der Waals surface area contributed by atoms with E-state index in [2.05, 4.69) is 12.0 Å². The minimum Gasteiger partial charge on any atom is -0.300 e. The number of aromatic nitrogens is 2. The van der Waals surface area contributed by atoms with E-state index in [9.17, 15) is 4.79 Å². The molecule has 3 heteroatoms. The van der Waals surface area contributed by atoms with Crippen LogP contribution >= 0.6 is 0 Å². The number of carbonyl (C=O) groups excluding carboxylic acids is 1. The molecule has 1 heterocycles. The second-order valence-electron chi connectivity index (χ2n) is 3.27. The van der Waals surface area contributed by atoms with Crippen molar-refractivity contribution in [2.75, 3.05) is 0 Å². The van der Waals surface area contributed by atoms with Gasteiger partial charge in [0.2, 0.25) is 0 Å². The Morgan fingerprint density at radius 1 is 1.62 bits per heavy atom. The monoisotopic (exact) mass is 180 g/mol. The molecule has 13 heavy (non-hydrogen) atoms. The highest BCUT2D eigenvalue weighted by Gasteiger charge is 2.10. The van der Waals surface area contributed by atoms with Crippen LogP contribution in [0.25, 0.3) is 0 Å². The molecule has 1 aromatic rings. The molecule has 0 N–H and O–H groups in total. The molecule has 1 aromatic heterocycles. The van der Waals surface area contributed by atoms with Gasteiger partial charge in [0.15, 0.2) is 0 Å². The lowest BCUT2D eigenvalue weighted by Crippen LogP contribution is -2.13. The van der Waals surface area contributed by atoms with E-state index in [0.29, 0.717) is 0 Å². The van der Waals surface area contributed by atoms with Gasteiger partial charge in [0, 0.05) is 24.9 Å². The number of nitrogens with zero attached hydrogens (tertiary/aromatic N) is 2. The molecule has 0 aliphatic rings. The van der Waals surface area contributed by atoms with Crippen LogP contribution in [-0.4, -0.2) is 15.6 Å². The minimum atomic E-state index is 0.198. The summed E-state index contributed by atoms with van der Waals surface area (Å²) < 4.78 is 1.87. The molecular formula is C10H16N2O. The first-order valence-corrected chi connectivity index (χ1v) is 4.72. The predicted molar refractivity (Wildman–Crippen MR) is 51.3 cm³/mol. The summed E-state index contributed by atoms with van der Waals surface area (Å²) in [6, 6.07) is 1.90. The third kappa shape index (κ3) is 3.01. The lowest BCUT2D eigenvalue weighted by atomic mass is 9.98. The van der Waals surface area contributed by atoms with Crippen molar-refractivity contribution < 1.29 is 4.79 Å². The Morgan fingerprint density at radius 3 is 2.85 bits per heavy atom. The molecule has 0 amide bonds. The third-order valence-corrected chi connectivity index (χ3v) is 2.33. The summed E-state index contributed by atoms with van der Waals surface area (Å²) >= 11 is 0. The number of hydrogen-bond acceptors (Lipinski definition) is 2. The molecule has 0 aliphatic carbocycles. The van der Waals surface area contributed by atoms with Crippen LogP contribution in [0.4, 0.5) is 0 Å². The fraction of sp³-hybridized carbons (Fsp3) is 0.600. The number of hydrogen-bond donors (Lipinski definition) is 0. The summed E-state index contributed by atoms with van der Waals surface area (Å²) in [4.78, 5) is 11.1. The smallest absolute Gasteiger partial charge is 0.132 e. The SMILES string of the molecule is CCC(CCn1cccn1)C(C)=O. The van der Waals surface area contributed by atoms with Crippen LogP contribution in [0.2, 0.25) is 0 Å². The molecule has 0 aliphatic heterocycles. The van der Waals surface area contributed by atoms with E-state index in [1.165, 1.54) is 0 Å². The highest BCUT2D eigenvalue weighted by atomic mass is 16.1. The van der Waals surface area contributed by atoms with Gasteiger partial charge in [0.1, 0.15) is 5.78 Å². The Bertz CT molecular complexity index is 254. The normalized spacial score (nSPS) is 12.8. The van der Waals surface area contributed by atoms with Gasteiger partial charge < -0.3 is 0 Å². The van der Waals surface area contributed by atoms with Crippen molar-refractivity contribution in [1.29, 1.82) is 0 Å². The maximum atomic E-state index is 11.1. The summed E-state index contributed by atoms with van der Waals surface area (Å²) in [5.41, 5.74) is 0. The van der Waals surface area contributed by atoms with Crippen molar-refractivity contribution in [3.8, 4) is 0 Å². The van der Waals surface area contributed by atoms with Gasteiger partial charge in [-0.05, 0) is 25.8 Å². The van der Waals surface area contributed by atoms with Crippen molar-refractivity contribution in [2.45, 2.75) is 33.2 Å². The highest BCUT2D eigenvalue weighted by Crippen LogP contribution is 2.10. The van der Waals surface area contributed by atoms with Crippen LogP contribution in [0, 0.1) is 5.92 Å². The van der Waals surface area contributed by atoms with E-state index in [4.69, 9.17) is 0 Å².